The van der Waals surface area contributed by atoms with Crippen LogP contribution in [0, 0.1) is 35.6 Å². The molecule has 0 saturated carbocycles. The molecule has 0 heterocycles. The summed E-state index contributed by atoms with van der Waals surface area (Å²) in [5.41, 5.74) is 0. The van der Waals surface area contributed by atoms with Gasteiger partial charge in [-0.05, 0) is 0 Å². The Hall–Kier alpha value is 15.5. The van der Waals surface area contributed by atoms with Crippen molar-refractivity contribution in [2.75, 3.05) is 0 Å². The molecule has 0 nitrogen and oxygen atoms in total. The quantitative estimate of drug-likeness (QED) is 0.327. The first-order valence-corrected chi connectivity index (χ1v) is 1.50. The minimum absolute atomic E-state index is 0. The van der Waals surface area contributed by atoms with Crippen LogP contribution in [0.15, 0.2) is 0 Å². The second-order valence-corrected chi connectivity index (χ2v) is 1.50. The Morgan fingerprint density at radius 2 is 0.318 bits per heavy atom. The molecular weight excluding hydrogens is 1340 g/mol. The molecule has 22 heavy (non-hydrogen) atoms. The minimum Gasteiger partial charge on any atom is -0.358 e. The van der Waals surface area contributed by atoms with Crippen LogP contribution in [0.5, 0.6) is 0 Å². The van der Waals surface area contributed by atoms with Crippen LogP contribution in [0.3, 0.4) is 0 Å². The van der Waals surface area contributed by atoms with E-state index in [1.165, 1.54) is 5.92 Å². The van der Waals surface area contributed by atoms with Crippen LogP contribution in [0.25, 0.3) is 0 Å². The van der Waals surface area contributed by atoms with Crippen molar-refractivity contribution >= 4 is 0 Å². The van der Waals surface area contributed by atoms with Crippen molar-refractivity contribution in [1.82, 2.24) is 0 Å². The van der Waals surface area contributed by atoms with Gasteiger partial charge in [-0.1, -0.05) is 0 Å². The van der Waals surface area contributed by atoms with Crippen LogP contribution in [-0.4, -0.2) is 0 Å². The molecule has 0 atom stereocenters. The molecule has 0 bridgehead atoms. The topological polar surface area (TPSA) is 0 Å². The summed E-state index contributed by atoms with van der Waals surface area (Å²) in [7, 11) is 0. The van der Waals surface area contributed by atoms with E-state index < -0.39 is 0 Å². The Morgan fingerprint density at radius 3 is 0.318 bits per heavy atom. The largest absolute Gasteiger partial charge is 3.00 e. The molecule has 0 aromatic heterocycles. The van der Waals surface area contributed by atoms with Crippen molar-refractivity contribution in [3.8, 4) is 0 Å². The van der Waals surface area contributed by atoms with Crippen molar-refractivity contribution in [3.63, 3.8) is 0 Å². The predicted molar refractivity (Wildman–Crippen MR) is 45.9 cm³/mol. The van der Waals surface area contributed by atoms with Crippen molar-refractivity contribution < 1.29 is 458 Å². The number of hydrogen-bond donors (Lipinski definition) is 0. The second-order valence-electron chi connectivity index (χ2n) is 1.50. The van der Waals surface area contributed by atoms with Crippen LogP contribution in [-0.2, 0) is 458 Å². The Balaban J connectivity index is -0.000000000294. The Bertz CT molecular complexity index is 25.6. The Kier molecular flexibility index (Phi) is 894. The summed E-state index contributed by atoms with van der Waals surface area (Å²) in [5.74, 6) is 1.42. The Morgan fingerprint density at radius 1 is 0.318 bits per heavy atom. The zero-order valence-corrected chi connectivity index (χ0v) is 55.3. The molecular formula is C8H21Y14-2. The van der Waals surface area contributed by atoms with Crippen molar-refractivity contribution in [1.29, 1.82) is 0 Å². The van der Waals surface area contributed by atoms with E-state index >= 15 is 0 Å². The van der Waals surface area contributed by atoms with E-state index in [1.54, 1.807) is 0 Å². The first-order chi connectivity index (χ1) is 1.73. The maximum Gasteiger partial charge on any atom is 3.00 e. The Labute approximate surface area is 497 Å². The zero-order chi connectivity index (χ0) is 3.58. The molecule has 0 saturated heterocycles. The molecule has 0 N–H and O–H groups in total. The fourth-order valence-corrected chi connectivity index (χ4v) is 0. The van der Waals surface area contributed by atoms with Gasteiger partial charge < -0.3 is 35.6 Å². The first-order valence-electron chi connectivity index (χ1n) is 1.50. The van der Waals surface area contributed by atoms with E-state index in [0.717, 1.165) is 0 Å². The summed E-state index contributed by atoms with van der Waals surface area (Å²) in [6, 6.07) is 0. The fraction of sp³-hybridized carbons (Fsp3) is 0.375. The van der Waals surface area contributed by atoms with Gasteiger partial charge in [0.15, 0.2) is 0 Å². The van der Waals surface area contributed by atoms with Crippen LogP contribution in [0.4, 0.5) is 0 Å². The summed E-state index contributed by atoms with van der Waals surface area (Å²) in [6.45, 7) is 6.25. The first kappa shape index (κ1) is 146. The molecule has 97 valence electrons. The average Bonchev–Trinajstić information content (AvgIpc) is 0.811. The third-order valence-corrected chi connectivity index (χ3v) is 0. The molecule has 0 aromatic carbocycles. The van der Waals surface area contributed by atoms with E-state index in [0.29, 0.717) is 0 Å². The summed E-state index contributed by atoms with van der Waals surface area (Å²) < 4.78 is 0. The summed E-state index contributed by atoms with van der Waals surface area (Å²) in [4.78, 5) is 0. The van der Waals surface area contributed by atoms with Crippen LogP contribution >= 0.6 is 0 Å². The predicted octanol–water partition coefficient (Wildman–Crippen LogP) is 3.39. The average molecular weight is 1360 g/mol. The summed E-state index contributed by atoms with van der Waals surface area (Å²) >= 11 is 0. The van der Waals surface area contributed by atoms with Crippen molar-refractivity contribution in [3.05, 3.63) is 35.6 Å². The zero-order valence-electron chi connectivity index (χ0n) is 15.6. The molecule has 0 fully saturated rings. The van der Waals surface area contributed by atoms with Gasteiger partial charge in [-0.15, -0.1) is 0 Å². The van der Waals surface area contributed by atoms with Gasteiger partial charge in [-0.25, -0.2) is 0 Å². The van der Waals surface area contributed by atoms with E-state index in [1.807, 2.05) is 0 Å². The van der Waals surface area contributed by atoms with Gasteiger partial charge in [0, 0.05) is 425 Å². The van der Waals surface area contributed by atoms with Gasteiger partial charge in [0.05, 0.1) is 0 Å². The molecule has 0 rings (SSSR count). The smallest absolute Gasteiger partial charge is 0.358 e. The van der Waals surface area contributed by atoms with Crippen molar-refractivity contribution in [2.45, 2.75) is 20.8 Å². The van der Waals surface area contributed by atoms with Gasteiger partial charge in [0.25, 0.3) is 0 Å². The minimum atomic E-state index is 0. The molecule has 0 amide bonds. The molecule has 0 spiro atoms. The van der Waals surface area contributed by atoms with E-state index in [-0.39, 0.29) is 488 Å². The van der Waals surface area contributed by atoms with Crippen LogP contribution in [0.2, 0.25) is 0 Å². The molecule has 0 unspecified atom stereocenters. The monoisotopic (exact) mass is 1360 g/mol. The van der Waals surface area contributed by atoms with Crippen LogP contribution in [0.1, 0.15) is 20.8 Å². The molecule has 0 aliphatic carbocycles. The SMILES string of the molecule is C[C-](C)C.[CH3-].[CH3-].[CH3-].[CH3-].[Y+3].[Y].[Y].[Y].[Y].[Y].[Y].[Y].[Y].[Y].[Y].[Y].[Y].[Y]. The normalized spacial score (nSPS) is 1.64. The van der Waals surface area contributed by atoms with Crippen LogP contribution < -0.4 is 0 Å². The van der Waals surface area contributed by atoms with Crippen molar-refractivity contribution in [2.24, 2.45) is 0 Å². The summed E-state index contributed by atoms with van der Waals surface area (Å²) in [5, 5.41) is 0. The number of hydrogen-bond acceptors (Lipinski definition) is 0. The third-order valence-electron chi connectivity index (χ3n) is 0. The van der Waals surface area contributed by atoms with Gasteiger partial charge in [0.2, 0.25) is 0 Å². The summed E-state index contributed by atoms with van der Waals surface area (Å²) in [6.07, 6.45) is 0. The third kappa shape index (κ3) is 176. The number of rotatable bonds is 0. The second kappa shape index (κ2) is 135. The van der Waals surface area contributed by atoms with E-state index in [9.17, 15) is 0 Å². The molecule has 0 aromatic rings. The van der Waals surface area contributed by atoms with Gasteiger partial charge in [0.1, 0.15) is 0 Å². The van der Waals surface area contributed by atoms with E-state index in [2.05, 4.69) is 20.8 Å². The maximum absolute atomic E-state index is 2.08. The van der Waals surface area contributed by atoms with Gasteiger partial charge in [-0.3, -0.25) is 0 Å². The molecule has 0 aliphatic heterocycles. The standard InChI is InChI=1S/C4H9.4CH3.14Y/c1-4(2)3;;;;;;;;;;;;;;;;;;/h1-3H3;4*1H3;;;;;;;;;;;;;;/q5*-1;;;;;;;;;;;;;;+3. The molecule has 0 aliphatic rings. The van der Waals surface area contributed by atoms with Gasteiger partial charge >= 0.3 is 32.7 Å². The molecule has 14 heteroatoms. The maximum atomic E-state index is 2.08. The van der Waals surface area contributed by atoms with Gasteiger partial charge in [-0.2, -0.15) is 20.8 Å². The van der Waals surface area contributed by atoms with E-state index in [4.69, 9.17) is 0 Å². The molecule has 13 radical (unpaired) electrons. The fourth-order valence-electron chi connectivity index (χ4n) is 0.